The van der Waals surface area contributed by atoms with E-state index < -0.39 is 0 Å². The zero-order valence-corrected chi connectivity index (χ0v) is 38.7. The third-order valence-corrected chi connectivity index (χ3v) is 13.4. The van der Waals surface area contributed by atoms with Gasteiger partial charge in [0.05, 0.1) is 11.0 Å². The van der Waals surface area contributed by atoms with Crippen LogP contribution in [0.2, 0.25) is 0 Å². The van der Waals surface area contributed by atoms with Gasteiger partial charge in [0.15, 0.2) is 0 Å². The molecule has 1 aromatic heterocycles. The lowest BCUT2D eigenvalue weighted by molar-refractivity contribution is 0.591. The summed E-state index contributed by atoms with van der Waals surface area (Å²) < 4.78 is 2.49. The first-order valence-corrected chi connectivity index (χ1v) is 23.2. The van der Waals surface area contributed by atoms with Crippen molar-refractivity contribution < 1.29 is 0 Å². The Balaban J connectivity index is 1.09. The molecule has 0 atom stereocenters. The van der Waals surface area contributed by atoms with Crippen molar-refractivity contribution in [3.63, 3.8) is 0 Å². The average Bonchev–Trinajstić information content (AvgIpc) is 3.67. The smallest absolute Gasteiger partial charge is 0.0550 e. The van der Waals surface area contributed by atoms with Crippen LogP contribution in [0.1, 0.15) is 52.7 Å². The highest BCUT2D eigenvalue weighted by atomic mass is 15.1. The fourth-order valence-corrected chi connectivity index (χ4v) is 9.73. The molecule has 0 aliphatic carbocycles. The molecular weight excluding hydrogens is 797 g/mol. The van der Waals surface area contributed by atoms with Gasteiger partial charge in [-0.3, -0.25) is 0 Å². The number of aromatic nitrogens is 1. The lowest BCUT2D eigenvalue weighted by Gasteiger charge is -2.27. The SMILES string of the molecule is CC(C)(C)c1ccc2c3c(-c4cccc(N(c5ccc(-c6ccc7ccccc7c6)cc5)c5ccc(-c6ccc7ccccc7c6)cc5)c4)cc(C(C)(C)C)cc3n(-c3ccccc3)c2c1. The first-order valence-electron chi connectivity index (χ1n) is 23.2. The number of anilines is 3. The molecule has 10 aromatic carbocycles. The summed E-state index contributed by atoms with van der Waals surface area (Å²) in [6, 6.07) is 80.9. The van der Waals surface area contributed by atoms with E-state index in [2.05, 4.69) is 269 Å². The molecule has 0 radical (unpaired) electrons. The summed E-state index contributed by atoms with van der Waals surface area (Å²) >= 11 is 0. The molecule has 0 spiro atoms. The van der Waals surface area contributed by atoms with E-state index in [9.17, 15) is 0 Å². The van der Waals surface area contributed by atoms with Gasteiger partial charge in [-0.1, -0.05) is 181 Å². The number of hydrogen-bond donors (Lipinski definition) is 0. The van der Waals surface area contributed by atoms with Crippen molar-refractivity contribution in [3.05, 3.63) is 230 Å². The number of fused-ring (bicyclic) bond motifs is 5. The maximum Gasteiger partial charge on any atom is 0.0550 e. The monoisotopic (exact) mass is 850 g/mol. The van der Waals surface area contributed by atoms with Gasteiger partial charge in [-0.05, 0) is 156 Å². The molecule has 2 heteroatoms. The number of benzene rings is 10. The van der Waals surface area contributed by atoms with Gasteiger partial charge in [0, 0.05) is 33.5 Å². The Labute approximate surface area is 389 Å². The van der Waals surface area contributed by atoms with E-state index in [1.165, 1.54) is 93.5 Å². The molecule has 2 nitrogen and oxygen atoms in total. The number of rotatable bonds is 7. The summed E-state index contributed by atoms with van der Waals surface area (Å²) in [4.78, 5) is 2.41. The fraction of sp³-hybridized carbons (Fsp3) is 0.125. The molecule has 0 aliphatic heterocycles. The number of para-hydroxylation sites is 1. The fourth-order valence-electron chi connectivity index (χ4n) is 9.73. The molecule has 0 N–H and O–H groups in total. The van der Waals surface area contributed by atoms with E-state index in [4.69, 9.17) is 0 Å². The second-order valence-corrected chi connectivity index (χ2v) is 19.9. The lowest BCUT2D eigenvalue weighted by atomic mass is 9.83. The Morgan fingerprint density at radius 2 is 0.848 bits per heavy atom. The standard InChI is InChI=1S/C64H54N2/c1-63(2,3)52-31-36-58-60(41-52)66(54-20-8-7-9-21-54)61-42-53(64(4,5)6)40-59(62(58)61)51-19-14-22-57(39-51)65(55-32-27-45(28-33-55)49-25-23-43-15-10-12-17-47(43)37-49)56-34-29-46(30-35-56)50-26-24-44-16-11-13-18-48(44)38-50/h7-42H,1-6H3. The molecule has 66 heavy (non-hydrogen) atoms. The van der Waals surface area contributed by atoms with E-state index in [-0.39, 0.29) is 10.8 Å². The van der Waals surface area contributed by atoms with Crippen LogP contribution in [0.15, 0.2) is 218 Å². The Bertz CT molecular complexity index is 3460. The molecule has 11 aromatic rings. The van der Waals surface area contributed by atoms with Gasteiger partial charge < -0.3 is 9.47 Å². The van der Waals surface area contributed by atoms with Crippen LogP contribution in [0.3, 0.4) is 0 Å². The van der Waals surface area contributed by atoms with Crippen LogP contribution in [0.5, 0.6) is 0 Å². The van der Waals surface area contributed by atoms with Gasteiger partial charge >= 0.3 is 0 Å². The van der Waals surface area contributed by atoms with Crippen LogP contribution in [0.4, 0.5) is 17.1 Å². The second kappa shape index (κ2) is 16.1. The van der Waals surface area contributed by atoms with E-state index in [0.29, 0.717) is 0 Å². The molecule has 0 saturated carbocycles. The van der Waals surface area contributed by atoms with E-state index in [1.54, 1.807) is 0 Å². The minimum absolute atomic E-state index is 0.00467. The highest BCUT2D eigenvalue weighted by Crippen LogP contribution is 2.45. The summed E-state index contributed by atoms with van der Waals surface area (Å²) in [5, 5.41) is 7.52. The van der Waals surface area contributed by atoms with E-state index in [1.807, 2.05) is 0 Å². The topological polar surface area (TPSA) is 8.17 Å². The van der Waals surface area contributed by atoms with Crippen LogP contribution in [0.25, 0.3) is 82.4 Å². The van der Waals surface area contributed by atoms with Crippen LogP contribution in [-0.2, 0) is 10.8 Å². The molecule has 0 bridgehead atoms. The molecule has 0 saturated heterocycles. The number of hydrogen-bond acceptors (Lipinski definition) is 1. The van der Waals surface area contributed by atoms with Gasteiger partial charge in [0.1, 0.15) is 0 Å². The summed E-state index contributed by atoms with van der Waals surface area (Å²) in [6.07, 6.45) is 0. The molecule has 11 rings (SSSR count). The highest BCUT2D eigenvalue weighted by molar-refractivity contribution is 6.16. The zero-order valence-electron chi connectivity index (χ0n) is 38.7. The third-order valence-electron chi connectivity index (χ3n) is 13.4. The summed E-state index contributed by atoms with van der Waals surface area (Å²) in [5.41, 5.74) is 16.7. The Kier molecular flexibility index (Phi) is 10.0. The van der Waals surface area contributed by atoms with Gasteiger partial charge in [-0.15, -0.1) is 0 Å². The maximum atomic E-state index is 2.49. The summed E-state index contributed by atoms with van der Waals surface area (Å²) in [6.45, 7) is 13.9. The van der Waals surface area contributed by atoms with Crippen molar-refractivity contribution >= 4 is 60.4 Å². The normalized spacial score (nSPS) is 12.1. The summed E-state index contributed by atoms with van der Waals surface area (Å²) in [7, 11) is 0. The maximum absolute atomic E-state index is 2.49. The molecule has 320 valence electrons. The molecule has 1 heterocycles. The van der Waals surface area contributed by atoms with Crippen molar-refractivity contribution in [2.45, 2.75) is 52.4 Å². The Hall–Kier alpha value is -7.68. The van der Waals surface area contributed by atoms with Crippen LogP contribution < -0.4 is 4.90 Å². The molecular formula is C64H54N2. The van der Waals surface area contributed by atoms with Crippen molar-refractivity contribution in [2.75, 3.05) is 4.90 Å². The minimum atomic E-state index is -0.0826. The first kappa shape index (κ1) is 41.1. The third kappa shape index (κ3) is 7.53. The molecule has 0 fully saturated rings. The second-order valence-electron chi connectivity index (χ2n) is 19.9. The summed E-state index contributed by atoms with van der Waals surface area (Å²) in [5.74, 6) is 0. The van der Waals surface area contributed by atoms with Crippen molar-refractivity contribution in [1.82, 2.24) is 4.57 Å². The minimum Gasteiger partial charge on any atom is -0.310 e. The molecule has 0 aliphatic rings. The quantitative estimate of drug-likeness (QED) is 0.155. The van der Waals surface area contributed by atoms with E-state index in [0.717, 1.165) is 17.1 Å². The van der Waals surface area contributed by atoms with Crippen molar-refractivity contribution in [1.29, 1.82) is 0 Å². The lowest BCUT2D eigenvalue weighted by Crippen LogP contribution is -2.12. The van der Waals surface area contributed by atoms with Crippen molar-refractivity contribution in [2.24, 2.45) is 0 Å². The Morgan fingerprint density at radius 1 is 0.333 bits per heavy atom. The van der Waals surface area contributed by atoms with Gasteiger partial charge in [0.2, 0.25) is 0 Å². The first-order chi connectivity index (χ1) is 32.0. The van der Waals surface area contributed by atoms with Gasteiger partial charge in [0.25, 0.3) is 0 Å². The average molecular weight is 851 g/mol. The zero-order chi connectivity index (χ0) is 45.2. The van der Waals surface area contributed by atoms with Crippen LogP contribution in [-0.4, -0.2) is 4.57 Å². The largest absolute Gasteiger partial charge is 0.310 e. The van der Waals surface area contributed by atoms with E-state index >= 15 is 0 Å². The van der Waals surface area contributed by atoms with Crippen LogP contribution in [0, 0.1) is 0 Å². The predicted molar refractivity (Wildman–Crippen MR) is 284 cm³/mol. The van der Waals surface area contributed by atoms with Crippen molar-refractivity contribution in [3.8, 4) is 39.1 Å². The molecule has 0 amide bonds. The number of nitrogens with zero attached hydrogens (tertiary/aromatic N) is 2. The molecule has 0 unspecified atom stereocenters. The highest BCUT2D eigenvalue weighted by Gasteiger charge is 2.25. The predicted octanol–water partition coefficient (Wildman–Crippen LogP) is 18.2. The van der Waals surface area contributed by atoms with Gasteiger partial charge in [-0.25, -0.2) is 0 Å². The Morgan fingerprint density at radius 3 is 1.41 bits per heavy atom. The van der Waals surface area contributed by atoms with Gasteiger partial charge in [-0.2, -0.15) is 0 Å². The van der Waals surface area contributed by atoms with Crippen LogP contribution >= 0.6 is 0 Å².